The van der Waals surface area contributed by atoms with E-state index in [1.165, 1.54) is 0 Å². The largest absolute Gasteiger partial charge is 0.481 e. The van der Waals surface area contributed by atoms with E-state index in [1.54, 1.807) is 6.20 Å². The molecule has 0 aliphatic carbocycles. The molecular formula is C11H18N2O2. The van der Waals surface area contributed by atoms with Crippen molar-refractivity contribution in [2.45, 2.75) is 33.1 Å². The van der Waals surface area contributed by atoms with Crippen molar-refractivity contribution in [3.63, 3.8) is 0 Å². The van der Waals surface area contributed by atoms with Crippen molar-refractivity contribution in [2.75, 3.05) is 0 Å². The Labute approximate surface area is 89.9 Å². The molecule has 1 heterocycles. The van der Waals surface area contributed by atoms with Gasteiger partial charge >= 0.3 is 5.97 Å². The van der Waals surface area contributed by atoms with Gasteiger partial charge in [-0.2, -0.15) is 0 Å². The van der Waals surface area contributed by atoms with Crippen molar-refractivity contribution in [2.24, 2.45) is 12.5 Å². The Morgan fingerprint density at radius 1 is 1.60 bits per heavy atom. The molecule has 0 unspecified atom stereocenters. The first-order valence-corrected chi connectivity index (χ1v) is 5.09. The molecule has 4 nitrogen and oxygen atoms in total. The van der Waals surface area contributed by atoms with Crippen molar-refractivity contribution in [1.82, 2.24) is 9.55 Å². The summed E-state index contributed by atoms with van der Waals surface area (Å²) in [6, 6.07) is 0. The molecule has 1 N–H and O–H groups in total. The summed E-state index contributed by atoms with van der Waals surface area (Å²) in [6.45, 7) is 3.95. The zero-order chi connectivity index (χ0) is 11.5. The van der Waals surface area contributed by atoms with Gasteiger partial charge in [0.1, 0.15) is 5.82 Å². The molecule has 0 bridgehead atoms. The Hall–Kier alpha value is -1.32. The molecule has 0 aromatic carbocycles. The molecule has 1 aromatic rings. The number of carboxylic acids is 1. The number of nitrogens with zero attached hydrogens (tertiary/aromatic N) is 2. The van der Waals surface area contributed by atoms with E-state index in [0.29, 0.717) is 0 Å². The van der Waals surface area contributed by atoms with E-state index in [-0.39, 0.29) is 11.8 Å². The topological polar surface area (TPSA) is 55.1 Å². The third kappa shape index (κ3) is 3.73. The molecule has 4 heteroatoms. The van der Waals surface area contributed by atoms with Crippen molar-refractivity contribution < 1.29 is 9.90 Å². The molecule has 0 spiro atoms. The predicted molar refractivity (Wildman–Crippen MR) is 57.6 cm³/mol. The van der Waals surface area contributed by atoms with Gasteiger partial charge in [0.25, 0.3) is 0 Å². The van der Waals surface area contributed by atoms with Crippen LogP contribution in [0.5, 0.6) is 0 Å². The molecular weight excluding hydrogens is 192 g/mol. The van der Waals surface area contributed by atoms with Gasteiger partial charge < -0.3 is 9.67 Å². The lowest BCUT2D eigenvalue weighted by Gasteiger charge is -2.21. The highest BCUT2D eigenvalue weighted by molar-refractivity contribution is 5.67. The molecule has 0 aliphatic heterocycles. The minimum absolute atomic E-state index is 0.169. The number of hydrogen-bond donors (Lipinski definition) is 1. The van der Waals surface area contributed by atoms with Crippen LogP contribution in [0.15, 0.2) is 12.4 Å². The van der Waals surface area contributed by atoms with Crippen LogP contribution >= 0.6 is 0 Å². The number of carboxylic acid groups (broad SMARTS) is 1. The number of aromatic nitrogens is 2. The van der Waals surface area contributed by atoms with E-state index in [4.69, 9.17) is 5.11 Å². The van der Waals surface area contributed by atoms with E-state index >= 15 is 0 Å². The minimum atomic E-state index is -0.736. The van der Waals surface area contributed by atoms with Gasteiger partial charge in [0.05, 0.1) is 6.42 Å². The Morgan fingerprint density at radius 3 is 2.73 bits per heavy atom. The molecule has 0 aliphatic rings. The van der Waals surface area contributed by atoms with Crippen molar-refractivity contribution in [1.29, 1.82) is 0 Å². The van der Waals surface area contributed by atoms with Crippen LogP contribution in [0, 0.1) is 5.41 Å². The molecule has 0 radical (unpaired) electrons. The SMILES string of the molecule is Cn1ccnc1CCC(C)(C)CC(=O)O. The Kier molecular flexibility index (Phi) is 3.50. The smallest absolute Gasteiger partial charge is 0.303 e. The lowest BCUT2D eigenvalue weighted by molar-refractivity contribution is -0.139. The Morgan fingerprint density at radius 2 is 2.27 bits per heavy atom. The quantitative estimate of drug-likeness (QED) is 0.807. The number of hydrogen-bond acceptors (Lipinski definition) is 2. The zero-order valence-electron chi connectivity index (χ0n) is 9.53. The van der Waals surface area contributed by atoms with Gasteiger partial charge in [-0.05, 0) is 11.8 Å². The van der Waals surface area contributed by atoms with Crippen molar-refractivity contribution in [3.05, 3.63) is 18.2 Å². The summed E-state index contributed by atoms with van der Waals surface area (Å²) in [5.74, 6) is 0.272. The predicted octanol–water partition coefficient (Wildman–Crippen LogP) is 1.85. The number of aryl methyl sites for hydroxylation is 2. The van der Waals surface area contributed by atoms with Crippen LogP contribution in [0.25, 0.3) is 0 Å². The van der Waals surface area contributed by atoms with E-state index in [9.17, 15) is 4.79 Å². The van der Waals surface area contributed by atoms with Crippen LogP contribution in [0.3, 0.4) is 0 Å². The second-order valence-electron chi connectivity index (χ2n) is 4.69. The molecule has 84 valence electrons. The molecule has 0 saturated carbocycles. The first-order valence-electron chi connectivity index (χ1n) is 5.09. The lowest BCUT2D eigenvalue weighted by Crippen LogP contribution is -2.18. The molecule has 1 rings (SSSR count). The van der Waals surface area contributed by atoms with E-state index in [2.05, 4.69) is 4.98 Å². The van der Waals surface area contributed by atoms with Gasteiger partial charge in [0.15, 0.2) is 0 Å². The van der Waals surface area contributed by atoms with Crippen LogP contribution in [0.2, 0.25) is 0 Å². The van der Waals surface area contributed by atoms with Crippen molar-refractivity contribution in [3.8, 4) is 0 Å². The summed E-state index contributed by atoms with van der Waals surface area (Å²) in [5.41, 5.74) is -0.169. The summed E-state index contributed by atoms with van der Waals surface area (Å²) in [4.78, 5) is 14.8. The number of imidazole rings is 1. The van der Waals surface area contributed by atoms with Gasteiger partial charge in [-0.15, -0.1) is 0 Å². The van der Waals surface area contributed by atoms with Crippen LogP contribution in [-0.4, -0.2) is 20.6 Å². The minimum Gasteiger partial charge on any atom is -0.481 e. The summed E-state index contributed by atoms with van der Waals surface area (Å²) < 4.78 is 1.97. The highest BCUT2D eigenvalue weighted by Gasteiger charge is 2.22. The summed E-state index contributed by atoms with van der Waals surface area (Å²) in [6.07, 6.45) is 5.53. The highest BCUT2D eigenvalue weighted by Crippen LogP contribution is 2.26. The molecule has 0 amide bonds. The average molecular weight is 210 g/mol. The van der Waals surface area contributed by atoms with Crippen LogP contribution in [-0.2, 0) is 18.3 Å². The number of carbonyl (C=O) groups is 1. The third-order valence-electron chi connectivity index (χ3n) is 2.58. The van der Waals surface area contributed by atoms with E-state index in [0.717, 1.165) is 18.7 Å². The maximum Gasteiger partial charge on any atom is 0.303 e. The second-order valence-corrected chi connectivity index (χ2v) is 4.69. The molecule has 15 heavy (non-hydrogen) atoms. The van der Waals surface area contributed by atoms with Crippen LogP contribution in [0.1, 0.15) is 32.5 Å². The van der Waals surface area contributed by atoms with Gasteiger partial charge in [-0.1, -0.05) is 13.8 Å². The fourth-order valence-corrected chi connectivity index (χ4v) is 1.59. The first kappa shape index (κ1) is 11.8. The molecule has 0 fully saturated rings. The van der Waals surface area contributed by atoms with Crippen LogP contribution < -0.4 is 0 Å². The van der Waals surface area contributed by atoms with Gasteiger partial charge in [0, 0.05) is 25.9 Å². The van der Waals surface area contributed by atoms with Gasteiger partial charge in [-0.3, -0.25) is 4.79 Å². The van der Waals surface area contributed by atoms with Crippen molar-refractivity contribution >= 4 is 5.97 Å². The number of aliphatic carboxylic acids is 1. The Balaban J connectivity index is 2.49. The fourth-order valence-electron chi connectivity index (χ4n) is 1.59. The maximum atomic E-state index is 10.6. The van der Waals surface area contributed by atoms with E-state index < -0.39 is 5.97 Å². The Bertz CT molecular complexity index is 342. The normalized spacial score (nSPS) is 11.7. The van der Waals surface area contributed by atoms with Gasteiger partial charge in [0.2, 0.25) is 0 Å². The number of rotatable bonds is 5. The standard InChI is InChI=1S/C11H18N2O2/c1-11(2,8-10(14)15)5-4-9-12-6-7-13(9)3/h6-7H,4-5,8H2,1-3H3,(H,14,15). The molecule has 1 aromatic heterocycles. The second kappa shape index (κ2) is 4.47. The third-order valence-corrected chi connectivity index (χ3v) is 2.58. The lowest BCUT2D eigenvalue weighted by atomic mass is 9.84. The molecule has 0 saturated heterocycles. The first-order chi connectivity index (χ1) is 6.91. The maximum absolute atomic E-state index is 10.6. The fraction of sp³-hybridized carbons (Fsp3) is 0.636. The highest BCUT2D eigenvalue weighted by atomic mass is 16.4. The summed E-state index contributed by atoms with van der Waals surface area (Å²) in [5, 5.41) is 8.74. The zero-order valence-corrected chi connectivity index (χ0v) is 9.53. The summed E-state index contributed by atoms with van der Waals surface area (Å²) in [7, 11) is 1.95. The average Bonchev–Trinajstić information content (AvgIpc) is 2.45. The van der Waals surface area contributed by atoms with E-state index in [1.807, 2.05) is 31.7 Å². The molecule has 0 atom stereocenters. The van der Waals surface area contributed by atoms with Crippen LogP contribution in [0.4, 0.5) is 0 Å². The summed E-state index contributed by atoms with van der Waals surface area (Å²) >= 11 is 0. The van der Waals surface area contributed by atoms with Gasteiger partial charge in [-0.25, -0.2) is 4.98 Å². The monoisotopic (exact) mass is 210 g/mol.